The number of ether oxygens (including phenoxy) is 1. The number of H-pyrrole nitrogens is 1. The lowest BCUT2D eigenvalue weighted by atomic mass is 9.98. The van der Waals surface area contributed by atoms with Gasteiger partial charge in [-0.25, -0.2) is 20.2 Å². The number of allylic oxidation sites excluding steroid dienone is 5. The number of carbonyl (C=O) groups excluding carboxylic acids is 2. The maximum Gasteiger partial charge on any atom is 0.425 e. The molecule has 0 radical (unpaired) electrons. The molecule has 2 N–H and O–H groups in total. The first-order chi connectivity index (χ1) is 13.4. The summed E-state index contributed by atoms with van der Waals surface area (Å²) in [4.78, 5) is 32.7. The van der Waals surface area contributed by atoms with Crippen LogP contribution in [0.2, 0.25) is 0 Å². The van der Waals surface area contributed by atoms with Crippen molar-refractivity contribution >= 4 is 33.5 Å². The Kier molecular flexibility index (Phi) is 6.39. The summed E-state index contributed by atoms with van der Waals surface area (Å²) in [6.07, 6.45) is 10.7. The Morgan fingerprint density at radius 1 is 1.39 bits per heavy atom. The largest absolute Gasteiger partial charge is 0.452 e. The van der Waals surface area contributed by atoms with Gasteiger partial charge in [0.1, 0.15) is 5.82 Å². The summed E-state index contributed by atoms with van der Waals surface area (Å²) >= 11 is 3.48. The molecule has 1 aromatic heterocycles. The molecule has 3 rings (SSSR count). The van der Waals surface area contributed by atoms with Gasteiger partial charge in [-0.15, -0.1) is 0 Å². The summed E-state index contributed by atoms with van der Waals surface area (Å²) in [7, 11) is 1.27. The number of nitrogens with zero attached hydrogens (tertiary/aromatic N) is 2. The van der Waals surface area contributed by atoms with E-state index < -0.39 is 6.09 Å². The summed E-state index contributed by atoms with van der Waals surface area (Å²) in [6, 6.07) is -0.203. The normalized spacial score (nSPS) is 19.0. The number of hydrogen-bond donors (Lipinski definition) is 2. The zero-order chi connectivity index (χ0) is 20.3. The first-order valence-corrected chi connectivity index (χ1v) is 10.2. The molecule has 2 aliphatic carbocycles. The molecule has 1 heterocycles. The highest BCUT2D eigenvalue weighted by atomic mass is 79.9. The first-order valence-electron chi connectivity index (χ1n) is 9.40. The number of aromatic amines is 1. The number of rotatable bonds is 4. The number of imidazole rings is 1. The summed E-state index contributed by atoms with van der Waals surface area (Å²) in [5.74, 6) is 0.770. The Bertz CT molecular complexity index is 853. The molecule has 0 aliphatic heterocycles. The van der Waals surface area contributed by atoms with Gasteiger partial charge in [-0.1, -0.05) is 34.2 Å². The molecule has 0 saturated heterocycles. The van der Waals surface area contributed by atoms with E-state index in [0.717, 1.165) is 40.8 Å². The van der Waals surface area contributed by atoms with Gasteiger partial charge in [0.15, 0.2) is 0 Å². The summed E-state index contributed by atoms with van der Waals surface area (Å²) < 4.78 is 5.73. The minimum absolute atomic E-state index is 0.203. The van der Waals surface area contributed by atoms with Gasteiger partial charge in [-0.2, -0.15) is 0 Å². The lowest BCUT2D eigenvalue weighted by Gasteiger charge is -2.27. The van der Waals surface area contributed by atoms with Crippen LogP contribution in [0, 0.1) is 0 Å². The van der Waals surface area contributed by atoms with Crippen LogP contribution < -0.4 is 5.43 Å². The van der Waals surface area contributed by atoms with Crippen LogP contribution in [0.3, 0.4) is 0 Å². The molecule has 150 valence electrons. The van der Waals surface area contributed by atoms with Crippen LogP contribution in [0.15, 0.2) is 34.5 Å². The zero-order valence-electron chi connectivity index (χ0n) is 16.3. The van der Waals surface area contributed by atoms with Gasteiger partial charge >= 0.3 is 6.09 Å². The van der Waals surface area contributed by atoms with Crippen LogP contribution in [0.5, 0.6) is 0 Å². The number of hydrogen-bond acceptors (Lipinski definition) is 4. The highest BCUT2D eigenvalue weighted by molar-refractivity contribution is 9.11. The lowest BCUT2D eigenvalue weighted by Crippen LogP contribution is -2.50. The minimum Gasteiger partial charge on any atom is -0.452 e. The van der Waals surface area contributed by atoms with Crippen molar-refractivity contribution in [3.8, 4) is 0 Å². The van der Waals surface area contributed by atoms with Gasteiger partial charge in [0.2, 0.25) is 0 Å². The molecule has 1 unspecified atom stereocenters. The van der Waals surface area contributed by atoms with Crippen LogP contribution in [0.4, 0.5) is 4.79 Å². The summed E-state index contributed by atoms with van der Waals surface area (Å²) in [6.45, 7) is 3.68. The van der Waals surface area contributed by atoms with Crippen molar-refractivity contribution in [1.29, 1.82) is 0 Å². The number of nitrogens with one attached hydrogen (secondary N) is 2. The average Bonchev–Trinajstić information content (AvgIpc) is 3.34. The third-order valence-electron chi connectivity index (χ3n) is 4.94. The quantitative estimate of drug-likeness (QED) is 0.676. The van der Waals surface area contributed by atoms with E-state index in [4.69, 9.17) is 0 Å². The third-order valence-corrected chi connectivity index (χ3v) is 5.53. The number of hydrazine groups is 1. The van der Waals surface area contributed by atoms with Crippen molar-refractivity contribution in [1.82, 2.24) is 20.4 Å². The molecule has 8 heteroatoms. The molecular formula is C20H25BrN4O3. The lowest BCUT2D eigenvalue weighted by molar-refractivity contribution is -0.131. The molecule has 1 atom stereocenters. The molecule has 0 bridgehead atoms. The molecule has 0 aromatic carbocycles. The van der Waals surface area contributed by atoms with E-state index in [1.165, 1.54) is 12.1 Å². The highest BCUT2D eigenvalue weighted by Crippen LogP contribution is 2.35. The van der Waals surface area contributed by atoms with Crippen LogP contribution in [-0.4, -0.2) is 40.1 Å². The zero-order valence-corrected chi connectivity index (χ0v) is 17.9. The topological polar surface area (TPSA) is 87.3 Å². The molecule has 0 fully saturated rings. The molecule has 2 aliphatic rings. The number of methoxy groups -OCH3 is 1. The fraction of sp³-hybridized carbons (Fsp3) is 0.450. The molecule has 0 spiro atoms. The van der Waals surface area contributed by atoms with E-state index in [9.17, 15) is 9.59 Å². The number of aromatic nitrogens is 2. The van der Waals surface area contributed by atoms with E-state index in [1.54, 1.807) is 0 Å². The first kappa shape index (κ1) is 20.4. The molecule has 1 aromatic rings. The molecule has 7 nitrogen and oxygen atoms in total. The molecular weight excluding hydrogens is 424 g/mol. The second-order valence-corrected chi connectivity index (χ2v) is 8.08. The van der Waals surface area contributed by atoms with Crippen molar-refractivity contribution < 1.29 is 14.3 Å². The SMILES string of the molecule is COC(=O)NN(C(=O)C1=C(c2ncc(C3C=CC(Br)=CC3)[nH]2)CCC1)C(C)C. The monoisotopic (exact) mass is 448 g/mol. The van der Waals surface area contributed by atoms with Crippen LogP contribution in [-0.2, 0) is 9.53 Å². The smallest absolute Gasteiger partial charge is 0.425 e. The predicted molar refractivity (Wildman–Crippen MR) is 110 cm³/mol. The Labute approximate surface area is 173 Å². The second-order valence-electron chi connectivity index (χ2n) is 7.16. The molecule has 28 heavy (non-hydrogen) atoms. The van der Waals surface area contributed by atoms with Crippen molar-refractivity contribution in [2.45, 2.75) is 51.5 Å². The number of halogens is 1. The van der Waals surface area contributed by atoms with Gasteiger partial charge in [0, 0.05) is 39.5 Å². The van der Waals surface area contributed by atoms with Crippen LogP contribution >= 0.6 is 15.9 Å². The Morgan fingerprint density at radius 2 is 2.18 bits per heavy atom. The average molecular weight is 449 g/mol. The minimum atomic E-state index is -0.661. The fourth-order valence-corrected chi connectivity index (χ4v) is 3.79. The van der Waals surface area contributed by atoms with Crippen molar-refractivity contribution in [2.24, 2.45) is 0 Å². The van der Waals surface area contributed by atoms with Crippen molar-refractivity contribution in [3.63, 3.8) is 0 Å². The number of amides is 2. The fourth-order valence-electron chi connectivity index (χ4n) is 3.45. The molecule has 2 amide bonds. The highest BCUT2D eigenvalue weighted by Gasteiger charge is 2.30. The van der Waals surface area contributed by atoms with E-state index in [2.05, 4.69) is 48.2 Å². The Hall–Kier alpha value is -2.35. The Morgan fingerprint density at radius 3 is 2.82 bits per heavy atom. The van der Waals surface area contributed by atoms with Gasteiger partial charge in [-0.3, -0.25) is 4.79 Å². The van der Waals surface area contributed by atoms with Gasteiger partial charge in [0.05, 0.1) is 7.11 Å². The van der Waals surface area contributed by atoms with E-state index >= 15 is 0 Å². The standard InChI is InChI=1S/C20H25BrN4O3/c1-12(2)25(24-20(27)28-3)19(26)16-6-4-5-15(16)18-22-11-17(23-18)13-7-9-14(21)10-8-13/h7,9-13H,4-6,8H2,1-3H3,(H,22,23)(H,24,27). The number of carbonyl (C=O) groups is 2. The maximum absolute atomic E-state index is 13.1. The van der Waals surface area contributed by atoms with E-state index in [0.29, 0.717) is 12.0 Å². The predicted octanol–water partition coefficient (Wildman–Crippen LogP) is 4.18. The van der Waals surface area contributed by atoms with Gasteiger partial charge in [-0.05, 0) is 39.5 Å². The van der Waals surface area contributed by atoms with Gasteiger partial charge in [0.25, 0.3) is 5.91 Å². The summed E-state index contributed by atoms with van der Waals surface area (Å²) in [5.41, 5.74) is 5.15. The van der Waals surface area contributed by atoms with E-state index in [-0.39, 0.29) is 17.9 Å². The van der Waals surface area contributed by atoms with E-state index in [1.807, 2.05) is 26.1 Å². The Balaban J connectivity index is 1.84. The summed E-state index contributed by atoms with van der Waals surface area (Å²) in [5, 5.41) is 1.32. The molecule has 0 saturated carbocycles. The van der Waals surface area contributed by atoms with Crippen molar-refractivity contribution in [3.05, 3.63) is 46.0 Å². The van der Waals surface area contributed by atoms with Crippen molar-refractivity contribution in [2.75, 3.05) is 7.11 Å². The maximum atomic E-state index is 13.1. The van der Waals surface area contributed by atoms with Crippen LogP contribution in [0.1, 0.15) is 57.0 Å². The third kappa shape index (κ3) is 4.38. The second kappa shape index (κ2) is 8.77. The van der Waals surface area contributed by atoms with Gasteiger partial charge < -0.3 is 9.72 Å². The van der Waals surface area contributed by atoms with Crippen LogP contribution in [0.25, 0.3) is 5.57 Å².